The van der Waals surface area contributed by atoms with Crippen LogP contribution in [0.2, 0.25) is 0 Å². The lowest BCUT2D eigenvalue weighted by Gasteiger charge is -2.37. The number of piperidine rings is 1. The van der Waals surface area contributed by atoms with Crippen molar-refractivity contribution in [2.45, 2.75) is 50.7 Å². The van der Waals surface area contributed by atoms with E-state index >= 15 is 0 Å². The molecule has 0 aliphatic carbocycles. The summed E-state index contributed by atoms with van der Waals surface area (Å²) in [5.74, 6) is -0.409. The van der Waals surface area contributed by atoms with E-state index in [9.17, 15) is 18.0 Å². The Morgan fingerprint density at radius 1 is 1.28 bits per heavy atom. The molecule has 1 aliphatic rings. The van der Waals surface area contributed by atoms with Crippen LogP contribution in [0.15, 0.2) is 30.3 Å². The maximum Gasteiger partial charge on any atom is 0.389 e. The zero-order valence-corrected chi connectivity index (χ0v) is 14.8. The predicted molar refractivity (Wildman–Crippen MR) is 92.3 cm³/mol. The van der Waals surface area contributed by atoms with E-state index in [4.69, 9.17) is 0 Å². The summed E-state index contributed by atoms with van der Waals surface area (Å²) in [4.78, 5) is 15.8. The lowest BCUT2D eigenvalue weighted by Crippen LogP contribution is -2.48. The summed E-state index contributed by atoms with van der Waals surface area (Å²) in [7, 11) is 1.64. The van der Waals surface area contributed by atoms with E-state index in [-0.39, 0.29) is 6.04 Å². The van der Waals surface area contributed by atoms with E-state index in [1.165, 1.54) is 10.5 Å². The Kier molecular flexibility index (Phi) is 7.29. The molecule has 1 amide bonds. The van der Waals surface area contributed by atoms with Crippen molar-refractivity contribution in [1.29, 1.82) is 0 Å². The van der Waals surface area contributed by atoms with Gasteiger partial charge in [0.05, 0.1) is 6.42 Å². The first-order valence-corrected chi connectivity index (χ1v) is 8.94. The number of amides is 1. The average Bonchev–Trinajstić information content (AvgIpc) is 2.59. The summed E-state index contributed by atoms with van der Waals surface area (Å²) in [6, 6.07) is 10.3. The maximum atomic E-state index is 12.3. The molecule has 140 valence electrons. The van der Waals surface area contributed by atoms with Crippen LogP contribution in [0.3, 0.4) is 0 Å². The predicted octanol–water partition coefficient (Wildman–Crippen LogP) is 3.88. The standard InChI is InChI=1S/C19H27F3N2O/c1-23(18(25)11-12-19(20,21)22)17-10-6-14-24(15-17)13-5-9-16-7-3-2-4-8-16/h2-4,7-8,17H,5-6,9-15H2,1H3/t17-/m0/s1. The molecule has 0 bridgehead atoms. The van der Waals surface area contributed by atoms with Crippen molar-refractivity contribution in [3.63, 3.8) is 0 Å². The molecule has 3 nitrogen and oxygen atoms in total. The first-order chi connectivity index (χ1) is 11.8. The van der Waals surface area contributed by atoms with Gasteiger partial charge in [0, 0.05) is 26.1 Å². The summed E-state index contributed by atoms with van der Waals surface area (Å²) >= 11 is 0. The number of rotatable bonds is 7. The highest BCUT2D eigenvalue weighted by atomic mass is 19.4. The molecule has 0 radical (unpaired) electrons. The van der Waals surface area contributed by atoms with Crippen LogP contribution in [0.5, 0.6) is 0 Å². The number of hydrogen-bond donors (Lipinski definition) is 0. The summed E-state index contributed by atoms with van der Waals surface area (Å²) < 4.78 is 36.9. The van der Waals surface area contributed by atoms with E-state index in [1.54, 1.807) is 7.05 Å². The third kappa shape index (κ3) is 7.06. The van der Waals surface area contributed by atoms with Gasteiger partial charge in [-0.05, 0) is 44.3 Å². The van der Waals surface area contributed by atoms with Gasteiger partial charge in [0.2, 0.25) is 5.91 Å². The Labute approximate surface area is 147 Å². The number of carbonyl (C=O) groups is 1. The van der Waals surface area contributed by atoms with Crippen molar-refractivity contribution in [3.8, 4) is 0 Å². The number of alkyl halides is 3. The number of aryl methyl sites for hydroxylation is 1. The molecule has 0 unspecified atom stereocenters. The van der Waals surface area contributed by atoms with Gasteiger partial charge in [-0.15, -0.1) is 0 Å². The SMILES string of the molecule is CN(C(=O)CCC(F)(F)F)[C@H]1CCCN(CCCc2ccccc2)C1. The lowest BCUT2D eigenvalue weighted by atomic mass is 10.0. The molecular weight excluding hydrogens is 329 g/mol. The van der Waals surface area contributed by atoms with E-state index in [1.807, 2.05) is 18.2 Å². The van der Waals surface area contributed by atoms with Crippen molar-refractivity contribution in [2.24, 2.45) is 0 Å². The van der Waals surface area contributed by atoms with Crippen LogP contribution in [0.1, 0.15) is 37.7 Å². The molecule has 0 saturated carbocycles. The molecule has 6 heteroatoms. The van der Waals surface area contributed by atoms with Gasteiger partial charge in [-0.3, -0.25) is 4.79 Å². The van der Waals surface area contributed by atoms with Crippen molar-refractivity contribution in [3.05, 3.63) is 35.9 Å². The zero-order chi connectivity index (χ0) is 18.3. The molecule has 2 rings (SSSR count). The van der Waals surface area contributed by atoms with Crippen molar-refractivity contribution < 1.29 is 18.0 Å². The summed E-state index contributed by atoms with van der Waals surface area (Å²) in [5, 5.41) is 0. The van der Waals surface area contributed by atoms with Gasteiger partial charge in [-0.1, -0.05) is 30.3 Å². The van der Waals surface area contributed by atoms with Gasteiger partial charge in [-0.2, -0.15) is 13.2 Å². The van der Waals surface area contributed by atoms with Crippen molar-refractivity contribution >= 4 is 5.91 Å². The fourth-order valence-electron chi connectivity index (χ4n) is 3.33. The molecule has 1 heterocycles. The van der Waals surface area contributed by atoms with E-state index in [0.717, 1.165) is 45.3 Å². The molecule has 1 aliphatic heterocycles. The van der Waals surface area contributed by atoms with Gasteiger partial charge < -0.3 is 9.80 Å². The number of likely N-dealkylation sites (tertiary alicyclic amines) is 1. The Morgan fingerprint density at radius 3 is 2.68 bits per heavy atom. The summed E-state index contributed by atoms with van der Waals surface area (Å²) in [6.07, 6.45) is -1.86. The molecule has 1 atom stereocenters. The smallest absolute Gasteiger partial charge is 0.341 e. The Morgan fingerprint density at radius 2 is 2.00 bits per heavy atom. The van der Waals surface area contributed by atoms with E-state index in [0.29, 0.717) is 0 Å². The van der Waals surface area contributed by atoms with Crippen LogP contribution in [0.4, 0.5) is 13.2 Å². The minimum atomic E-state index is -4.27. The molecule has 1 saturated heterocycles. The Hall–Kier alpha value is -1.56. The quantitative estimate of drug-likeness (QED) is 0.740. The number of carbonyl (C=O) groups excluding carboxylic acids is 1. The minimum Gasteiger partial charge on any atom is -0.341 e. The maximum absolute atomic E-state index is 12.3. The zero-order valence-electron chi connectivity index (χ0n) is 14.8. The van der Waals surface area contributed by atoms with Crippen molar-refractivity contribution in [2.75, 3.05) is 26.7 Å². The van der Waals surface area contributed by atoms with Crippen LogP contribution in [-0.2, 0) is 11.2 Å². The largest absolute Gasteiger partial charge is 0.389 e. The number of benzene rings is 1. The normalized spacial score (nSPS) is 19.0. The molecule has 1 fully saturated rings. The lowest BCUT2D eigenvalue weighted by molar-refractivity contribution is -0.150. The average molecular weight is 356 g/mol. The van der Waals surface area contributed by atoms with Gasteiger partial charge in [0.15, 0.2) is 0 Å². The highest BCUT2D eigenvalue weighted by Crippen LogP contribution is 2.23. The molecule has 0 N–H and O–H groups in total. The second kappa shape index (κ2) is 9.22. The highest BCUT2D eigenvalue weighted by Gasteiger charge is 2.31. The van der Waals surface area contributed by atoms with Crippen LogP contribution >= 0.6 is 0 Å². The highest BCUT2D eigenvalue weighted by molar-refractivity contribution is 5.76. The Balaban J connectivity index is 1.74. The Bertz CT molecular complexity index is 533. The monoisotopic (exact) mass is 356 g/mol. The first kappa shape index (κ1) is 19.8. The van der Waals surface area contributed by atoms with Crippen LogP contribution in [0.25, 0.3) is 0 Å². The topological polar surface area (TPSA) is 23.6 Å². The van der Waals surface area contributed by atoms with Crippen LogP contribution in [0, 0.1) is 0 Å². The third-order valence-corrected chi connectivity index (χ3v) is 4.83. The number of nitrogens with zero attached hydrogens (tertiary/aromatic N) is 2. The fourth-order valence-corrected chi connectivity index (χ4v) is 3.33. The van der Waals surface area contributed by atoms with Gasteiger partial charge in [0.25, 0.3) is 0 Å². The summed E-state index contributed by atoms with van der Waals surface area (Å²) in [5.41, 5.74) is 1.32. The molecule has 1 aromatic carbocycles. The number of likely N-dealkylation sites (N-methyl/N-ethyl adjacent to an activating group) is 1. The second-order valence-corrected chi connectivity index (χ2v) is 6.81. The van der Waals surface area contributed by atoms with Gasteiger partial charge in [0.1, 0.15) is 0 Å². The van der Waals surface area contributed by atoms with E-state index < -0.39 is 24.9 Å². The third-order valence-electron chi connectivity index (χ3n) is 4.83. The molecule has 0 aromatic heterocycles. The van der Waals surface area contributed by atoms with Crippen LogP contribution < -0.4 is 0 Å². The van der Waals surface area contributed by atoms with Crippen molar-refractivity contribution in [1.82, 2.24) is 9.80 Å². The minimum absolute atomic E-state index is 0.0196. The summed E-state index contributed by atoms with van der Waals surface area (Å²) in [6.45, 7) is 2.70. The molecular formula is C19H27F3N2O. The van der Waals surface area contributed by atoms with Crippen LogP contribution in [-0.4, -0.2) is 54.6 Å². The second-order valence-electron chi connectivity index (χ2n) is 6.81. The fraction of sp³-hybridized carbons (Fsp3) is 0.632. The van der Waals surface area contributed by atoms with Gasteiger partial charge in [-0.25, -0.2) is 0 Å². The van der Waals surface area contributed by atoms with Gasteiger partial charge >= 0.3 is 6.18 Å². The van der Waals surface area contributed by atoms with E-state index in [2.05, 4.69) is 17.0 Å². The first-order valence-electron chi connectivity index (χ1n) is 8.94. The number of hydrogen-bond acceptors (Lipinski definition) is 2. The molecule has 25 heavy (non-hydrogen) atoms. The molecule has 1 aromatic rings. The molecule has 0 spiro atoms. The number of halogens is 3.